The molecule has 5 rings (SSSR count). The highest BCUT2D eigenvalue weighted by Gasteiger charge is 2.20. The second kappa shape index (κ2) is 10.9. The molecule has 0 radical (unpaired) electrons. The molecule has 5 N–H and O–H groups in total. The summed E-state index contributed by atoms with van der Waals surface area (Å²) >= 11 is 5.45. The Morgan fingerprint density at radius 2 is 1.90 bits per heavy atom. The number of hydrogen-bond acceptors (Lipinski definition) is 9. The summed E-state index contributed by atoms with van der Waals surface area (Å²) in [6, 6.07) is 13.0. The van der Waals surface area contributed by atoms with E-state index >= 15 is 0 Å². The first-order valence-electron chi connectivity index (χ1n) is 12.2. The van der Waals surface area contributed by atoms with Gasteiger partial charge in [-0.1, -0.05) is 0 Å². The highest BCUT2D eigenvalue weighted by molar-refractivity contribution is 7.80. The number of hydrogen-bond donors (Lipinski definition) is 5. The lowest BCUT2D eigenvalue weighted by atomic mass is 10.1. The summed E-state index contributed by atoms with van der Waals surface area (Å²) < 4.78 is 7.67. The number of amides is 1. The number of nitrogens with one attached hydrogen (secondary N) is 4. The third-order valence-electron chi connectivity index (χ3n) is 5.84. The lowest BCUT2D eigenvalue weighted by molar-refractivity contribution is 0.191. The first-order valence-corrected chi connectivity index (χ1v) is 12.6. The van der Waals surface area contributed by atoms with Gasteiger partial charge in [-0.2, -0.15) is 0 Å². The van der Waals surface area contributed by atoms with Gasteiger partial charge in [0.05, 0.1) is 11.1 Å². The van der Waals surface area contributed by atoms with Gasteiger partial charge >= 0.3 is 6.09 Å². The van der Waals surface area contributed by atoms with Crippen LogP contribution in [0.15, 0.2) is 61.4 Å². The fourth-order valence-corrected chi connectivity index (χ4v) is 4.30. The SMILES string of the molecule is Cc1cc(Nc2ncnc3ccc(NC(=S)NC(C)(C)CNC(=O)O)cc23)ccc1Oc1cc2nncn2cn1. The van der Waals surface area contributed by atoms with Crippen molar-refractivity contribution < 1.29 is 14.6 Å². The first kappa shape index (κ1) is 26.5. The van der Waals surface area contributed by atoms with Gasteiger partial charge in [-0.05, 0) is 75.0 Å². The largest absolute Gasteiger partial charge is 0.465 e. The molecule has 1 amide bonds. The van der Waals surface area contributed by atoms with Crippen molar-refractivity contribution in [3.05, 3.63) is 67.0 Å². The van der Waals surface area contributed by atoms with Crippen molar-refractivity contribution in [2.75, 3.05) is 17.2 Å². The highest BCUT2D eigenvalue weighted by atomic mass is 32.1. The number of benzene rings is 2. The number of fused-ring (bicyclic) bond motifs is 2. The van der Waals surface area contributed by atoms with Crippen molar-refractivity contribution in [1.82, 2.24) is 40.2 Å². The van der Waals surface area contributed by atoms with Crippen molar-refractivity contribution in [1.29, 1.82) is 0 Å². The molecule has 204 valence electrons. The molecule has 0 bridgehead atoms. The standard InChI is InChI=1S/C26H26N10O3S/c1-15-8-16(5-7-20(15)39-22-10-21-35-31-14-36(21)13-30-22)32-23-18-9-17(4-6-19(18)28-12-29-23)33-24(40)34-26(2,3)11-27-25(37)38/h4-10,12-14,27H,11H2,1-3H3,(H,37,38)(H,28,29,32)(H2,33,34,40). The minimum absolute atomic E-state index is 0.181. The van der Waals surface area contributed by atoms with Crippen molar-refractivity contribution in [3.63, 3.8) is 0 Å². The predicted molar refractivity (Wildman–Crippen MR) is 154 cm³/mol. The molecule has 0 unspecified atom stereocenters. The number of carbonyl (C=O) groups is 1. The van der Waals surface area contributed by atoms with Gasteiger partial charge in [-0.25, -0.2) is 19.7 Å². The Balaban J connectivity index is 1.30. The highest BCUT2D eigenvalue weighted by Crippen LogP contribution is 2.30. The molecule has 0 atom stereocenters. The molecule has 0 spiro atoms. The third-order valence-corrected chi connectivity index (χ3v) is 6.05. The number of rotatable bonds is 8. The van der Waals surface area contributed by atoms with Crippen molar-refractivity contribution in [2.24, 2.45) is 0 Å². The minimum Gasteiger partial charge on any atom is -0.465 e. The fraction of sp³-hybridized carbons (Fsp3) is 0.192. The molecule has 14 heteroatoms. The van der Waals surface area contributed by atoms with E-state index in [9.17, 15) is 4.79 Å². The number of aryl methyl sites for hydroxylation is 1. The first-order chi connectivity index (χ1) is 19.1. The second-order valence-electron chi connectivity index (χ2n) is 9.61. The Morgan fingerprint density at radius 3 is 2.70 bits per heavy atom. The average molecular weight is 559 g/mol. The predicted octanol–water partition coefficient (Wildman–Crippen LogP) is 4.24. The smallest absolute Gasteiger partial charge is 0.404 e. The molecule has 0 aliphatic heterocycles. The van der Waals surface area contributed by atoms with Gasteiger partial charge in [0.25, 0.3) is 0 Å². The molecule has 0 saturated carbocycles. The van der Waals surface area contributed by atoms with Gasteiger partial charge in [-0.3, -0.25) is 4.40 Å². The van der Waals surface area contributed by atoms with E-state index in [-0.39, 0.29) is 6.54 Å². The van der Waals surface area contributed by atoms with Crippen LogP contribution in [-0.2, 0) is 0 Å². The number of anilines is 3. The maximum atomic E-state index is 10.8. The van der Waals surface area contributed by atoms with E-state index in [1.807, 2.05) is 57.2 Å². The lowest BCUT2D eigenvalue weighted by Gasteiger charge is -2.27. The van der Waals surface area contributed by atoms with Crippen LogP contribution < -0.4 is 26.0 Å². The zero-order chi connectivity index (χ0) is 28.3. The van der Waals surface area contributed by atoms with Gasteiger partial charge in [0, 0.05) is 29.4 Å². The quantitative estimate of drug-likeness (QED) is 0.172. The summed E-state index contributed by atoms with van der Waals surface area (Å²) in [5.41, 5.74) is 3.23. The Labute approximate surface area is 234 Å². The lowest BCUT2D eigenvalue weighted by Crippen LogP contribution is -2.52. The molecule has 0 saturated heterocycles. The van der Waals surface area contributed by atoms with E-state index in [1.54, 1.807) is 23.1 Å². The summed E-state index contributed by atoms with van der Waals surface area (Å²) in [6.07, 6.45) is 3.57. The van der Waals surface area contributed by atoms with Gasteiger partial charge in [-0.15, -0.1) is 10.2 Å². The van der Waals surface area contributed by atoms with Crippen LogP contribution in [0.2, 0.25) is 0 Å². The van der Waals surface area contributed by atoms with Crippen LogP contribution in [0.1, 0.15) is 19.4 Å². The zero-order valence-electron chi connectivity index (χ0n) is 21.8. The van der Waals surface area contributed by atoms with Crippen molar-refractivity contribution in [2.45, 2.75) is 26.3 Å². The molecule has 5 aromatic rings. The van der Waals surface area contributed by atoms with Crippen LogP contribution in [0.3, 0.4) is 0 Å². The van der Waals surface area contributed by atoms with Crippen molar-refractivity contribution in [3.8, 4) is 11.6 Å². The van der Waals surface area contributed by atoms with Gasteiger partial charge in [0.2, 0.25) is 5.88 Å². The van der Waals surface area contributed by atoms with Gasteiger partial charge in [0.1, 0.15) is 30.5 Å². The fourth-order valence-electron chi connectivity index (χ4n) is 3.90. The maximum absolute atomic E-state index is 10.8. The monoisotopic (exact) mass is 558 g/mol. The minimum atomic E-state index is -1.09. The van der Waals surface area contributed by atoms with Crippen LogP contribution >= 0.6 is 12.2 Å². The van der Waals surface area contributed by atoms with Gasteiger partial charge in [0.15, 0.2) is 10.8 Å². The molecule has 13 nitrogen and oxygen atoms in total. The molecular weight excluding hydrogens is 532 g/mol. The molecule has 3 heterocycles. The summed E-state index contributed by atoms with van der Waals surface area (Å²) in [4.78, 5) is 23.9. The molecule has 3 aromatic heterocycles. The average Bonchev–Trinajstić information content (AvgIpc) is 3.37. The number of thiocarbonyl (C=S) groups is 1. The number of nitrogens with zero attached hydrogens (tertiary/aromatic N) is 6. The summed E-state index contributed by atoms with van der Waals surface area (Å²) in [6.45, 7) is 5.81. The normalized spacial score (nSPS) is 11.3. The van der Waals surface area contributed by atoms with Crippen LogP contribution in [0.5, 0.6) is 11.6 Å². The van der Waals surface area contributed by atoms with E-state index in [0.29, 0.717) is 28.2 Å². The molecule has 40 heavy (non-hydrogen) atoms. The van der Waals surface area contributed by atoms with Crippen LogP contribution in [0, 0.1) is 6.92 Å². The Bertz CT molecular complexity index is 1720. The number of carboxylic acid groups (broad SMARTS) is 1. The zero-order valence-corrected chi connectivity index (χ0v) is 22.7. The summed E-state index contributed by atoms with van der Waals surface area (Å²) in [7, 11) is 0. The summed E-state index contributed by atoms with van der Waals surface area (Å²) in [5, 5.41) is 29.9. The maximum Gasteiger partial charge on any atom is 0.404 e. The van der Waals surface area contributed by atoms with E-state index in [4.69, 9.17) is 22.1 Å². The third kappa shape index (κ3) is 6.30. The van der Waals surface area contributed by atoms with E-state index in [0.717, 1.165) is 27.8 Å². The Kier molecular flexibility index (Phi) is 7.25. The summed E-state index contributed by atoms with van der Waals surface area (Å²) in [5.74, 6) is 1.69. The van der Waals surface area contributed by atoms with E-state index in [1.165, 1.54) is 6.33 Å². The Hall–Kier alpha value is -5.11. The molecule has 0 fully saturated rings. The molecule has 0 aliphatic rings. The second-order valence-corrected chi connectivity index (χ2v) is 10.0. The molecule has 0 aliphatic carbocycles. The van der Waals surface area contributed by atoms with E-state index in [2.05, 4.69) is 46.4 Å². The molecule has 2 aromatic carbocycles. The topological polar surface area (TPSA) is 164 Å². The van der Waals surface area contributed by atoms with Crippen molar-refractivity contribution >= 4 is 57.2 Å². The molecular formula is C26H26N10O3S. The van der Waals surface area contributed by atoms with E-state index < -0.39 is 11.6 Å². The van der Waals surface area contributed by atoms with Crippen LogP contribution in [0.25, 0.3) is 16.6 Å². The number of ether oxygens (including phenoxy) is 1. The van der Waals surface area contributed by atoms with Crippen LogP contribution in [-0.4, -0.2) is 57.9 Å². The van der Waals surface area contributed by atoms with Gasteiger partial charge < -0.3 is 31.1 Å². The Morgan fingerprint density at radius 1 is 1.07 bits per heavy atom. The number of aromatic nitrogens is 6. The van der Waals surface area contributed by atoms with Crippen LogP contribution in [0.4, 0.5) is 22.0 Å².